The molecule has 0 amide bonds. The summed E-state index contributed by atoms with van der Waals surface area (Å²) in [4.78, 5) is 7.21. The number of imidazole rings is 1. The van der Waals surface area contributed by atoms with Gasteiger partial charge >= 0.3 is 0 Å². The van der Waals surface area contributed by atoms with E-state index in [0.717, 1.165) is 63.9 Å². The molecule has 7 nitrogen and oxygen atoms in total. The number of nitrogens with one attached hydrogen (secondary N) is 1. The first-order chi connectivity index (χ1) is 12.3. The number of aromatic nitrogens is 4. The molecule has 2 aromatic rings. The highest BCUT2D eigenvalue weighted by molar-refractivity contribution is 5.33. The van der Waals surface area contributed by atoms with E-state index in [1.54, 1.807) is 0 Å². The summed E-state index contributed by atoms with van der Waals surface area (Å²) >= 11 is 0. The smallest absolute Gasteiger partial charge is 0.148 e. The predicted octanol–water partition coefficient (Wildman–Crippen LogP) is 1.49. The second-order valence-electron chi connectivity index (χ2n) is 7.01. The van der Waals surface area contributed by atoms with Crippen molar-refractivity contribution in [1.82, 2.24) is 24.6 Å². The fraction of sp³-hybridized carbons (Fsp3) is 0.611. The van der Waals surface area contributed by atoms with Gasteiger partial charge in [0.2, 0.25) is 0 Å². The minimum absolute atomic E-state index is 0.701. The molecule has 0 aliphatic carbocycles. The minimum Gasteiger partial charge on any atom is -0.381 e. The van der Waals surface area contributed by atoms with Gasteiger partial charge in [0.15, 0.2) is 0 Å². The molecule has 0 bridgehead atoms. The van der Waals surface area contributed by atoms with Crippen molar-refractivity contribution < 1.29 is 4.74 Å². The van der Waals surface area contributed by atoms with Crippen LogP contribution in [0, 0.1) is 12.8 Å². The number of ether oxygens (including phenoxy) is 1. The summed E-state index contributed by atoms with van der Waals surface area (Å²) in [7, 11) is 0. The summed E-state index contributed by atoms with van der Waals surface area (Å²) in [5, 5.41) is 11.6. The number of rotatable bonds is 5. The molecule has 25 heavy (non-hydrogen) atoms. The van der Waals surface area contributed by atoms with E-state index in [-0.39, 0.29) is 0 Å². The van der Waals surface area contributed by atoms with Crippen molar-refractivity contribution in [3.8, 4) is 0 Å². The number of hydrogen-bond acceptors (Lipinski definition) is 6. The molecular weight excluding hydrogens is 316 g/mol. The van der Waals surface area contributed by atoms with Gasteiger partial charge in [0.05, 0.1) is 30.7 Å². The fourth-order valence-electron chi connectivity index (χ4n) is 3.63. The Morgan fingerprint density at radius 3 is 3.00 bits per heavy atom. The summed E-state index contributed by atoms with van der Waals surface area (Å²) in [5.41, 5.74) is 2.14. The lowest BCUT2D eigenvalue weighted by atomic mass is 10.1. The first-order valence-corrected chi connectivity index (χ1v) is 9.15. The summed E-state index contributed by atoms with van der Waals surface area (Å²) in [5.74, 6) is 2.70. The zero-order valence-electron chi connectivity index (χ0n) is 14.8. The average molecular weight is 342 g/mol. The van der Waals surface area contributed by atoms with Crippen LogP contribution in [0.15, 0.2) is 18.3 Å². The Labute approximate surface area is 148 Å². The molecule has 4 heterocycles. The quantitative estimate of drug-likeness (QED) is 0.888. The van der Waals surface area contributed by atoms with Gasteiger partial charge in [0.1, 0.15) is 11.6 Å². The van der Waals surface area contributed by atoms with Gasteiger partial charge in [0.25, 0.3) is 0 Å². The number of fused-ring (bicyclic) bond motifs is 1. The highest BCUT2D eigenvalue weighted by Gasteiger charge is 2.22. The molecule has 1 fully saturated rings. The van der Waals surface area contributed by atoms with Gasteiger partial charge in [-0.05, 0) is 31.4 Å². The molecule has 2 aliphatic rings. The van der Waals surface area contributed by atoms with E-state index in [1.165, 1.54) is 17.9 Å². The Hall–Kier alpha value is -1.99. The highest BCUT2D eigenvalue weighted by atomic mass is 16.5. The van der Waals surface area contributed by atoms with E-state index in [9.17, 15) is 0 Å². The Morgan fingerprint density at radius 1 is 1.24 bits per heavy atom. The third-order valence-corrected chi connectivity index (χ3v) is 5.10. The van der Waals surface area contributed by atoms with E-state index in [1.807, 2.05) is 25.3 Å². The summed E-state index contributed by atoms with van der Waals surface area (Å²) < 4.78 is 7.87. The molecular formula is C18H26N6O. The molecule has 4 rings (SSSR count). The van der Waals surface area contributed by atoms with Crippen molar-refractivity contribution in [2.24, 2.45) is 5.92 Å². The van der Waals surface area contributed by atoms with E-state index in [4.69, 9.17) is 4.74 Å². The molecule has 1 saturated heterocycles. The standard InChI is InChI=1S/C18H26N6O/c1-14-2-3-17(22-21-14)19-10-16-11-20-18-4-6-23(7-8-24(16)18)12-15-5-9-25-13-15/h2-3,11,15H,4-10,12-13H2,1H3,(H,19,22). The van der Waals surface area contributed by atoms with Crippen molar-refractivity contribution in [1.29, 1.82) is 0 Å². The Bertz CT molecular complexity index is 692. The normalized spacial score (nSPS) is 21.1. The van der Waals surface area contributed by atoms with Crippen LogP contribution in [-0.2, 0) is 24.2 Å². The molecule has 0 radical (unpaired) electrons. The van der Waals surface area contributed by atoms with Crippen LogP contribution >= 0.6 is 0 Å². The zero-order chi connectivity index (χ0) is 17.1. The third-order valence-electron chi connectivity index (χ3n) is 5.10. The molecule has 134 valence electrons. The molecule has 0 aromatic carbocycles. The summed E-state index contributed by atoms with van der Waals surface area (Å²) in [6.45, 7) is 8.84. The van der Waals surface area contributed by atoms with E-state index in [2.05, 4.69) is 30.0 Å². The van der Waals surface area contributed by atoms with Crippen LogP contribution in [0.4, 0.5) is 5.82 Å². The maximum absolute atomic E-state index is 5.51. The second kappa shape index (κ2) is 7.49. The van der Waals surface area contributed by atoms with Gasteiger partial charge < -0.3 is 19.5 Å². The molecule has 1 atom stereocenters. The van der Waals surface area contributed by atoms with Crippen LogP contribution in [0.3, 0.4) is 0 Å². The van der Waals surface area contributed by atoms with E-state index >= 15 is 0 Å². The summed E-state index contributed by atoms with van der Waals surface area (Å²) in [6.07, 6.45) is 4.20. The number of hydrogen-bond donors (Lipinski definition) is 1. The van der Waals surface area contributed by atoms with Crippen molar-refractivity contribution in [2.75, 3.05) is 38.2 Å². The highest BCUT2D eigenvalue weighted by Crippen LogP contribution is 2.17. The lowest BCUT2D eigenvalue weighted by Crippen LogP contribution is -2.32. The first kappa shape index (κ1) is 16.5. The largest absolute Gasteiger partial charge is 0.381 e. The van der Waals surface area contributed by atoms with Crippen molar-refractivity contribution in [3.63, 3.8) is 0 Å². The van der Waals surface area contributed by atoms with Crippen LogP contribution in [0.2, 0.25) is 0 Å². The minimum atomic E-state index is 0.701. The number of nitrogens with zero attached hydrogens (tertiary/aromatic N) is 5. The maximum atomic E-state index is 5.51. The van der Waals surface area contributed by atoms with Crippen LogP contribution in [-0.4, -0.2) is 57.5 Å². The summed E-state index contributed by atoms with van der Waals surface area (Å²) in [6, 6.07) is 3.93. The van der Waals surface area contributed by atoms with Crippen LogP contribution < -0.4 is 5.32 Å². The van der Waals surface area contributed by atoms with Crippen LogP contribution in [0.25, 0.3) is 0 Å². The molecule has 0 saturated carbocycles. The van der Waals surface area contributed by atoms with Crippen LogP contribution in [0.1, 0.15) is 23.6 Å². The van der Waals surface area contributed by atoms with Crippen molar-refractivity contribution >= 4 is 5.82 Å². The molecule has 7 heteroatoms. The lowest BCUT2D eigenvalue weighted by molar-refractivity contribution is 0.167. The molecule has 1 N–H and O–H groups in total. The van der Waals surface area contributed by atoms with Gasteiger partial charge in [-0.3, -0.25) is 0 Å². The maximum Gasteiger partial charge on any atom is 0.148 e. The van der Waals surface area contributed by atoms with Gasteiger partial charge in [-0.2, -0.15) is 5.10 Å². The Balaban J connectivity index is 1.36. The predicted molar refractivity (Wildman–Crippen MR) is 95.4 cm³/mol. The Kier molecular flexibility index (Phi) is 4.94. The van der Waals surface area contributed by atoms with E-state index in [0.29, 0.717) is 5.92 Å². The fourth-order valence-corrected chi connectivity index (χ4v) is 3.63. The topological polar surface area (TPSA) is 68.1 Å². The van der Waals surface area contributed by atoms with E-state index < -0.39 is 0 Å². The van der Waals surface area contributed by atoms with Gasteiger partial charge in [-0.15, -0.1) is 5.10 Å². The van der Waals surface area contributed by atoms with Gasteiger partial charge in [-0.1, -0.05) is 0 Å². The van der Waals surface area contributed by atoms with Gasteiger partial charge in [0, 0.05) is 39.2 Å². The van der Waals surface area contributed by atoms with Crippen molar-refractivity contribution in [3.05, 3.63) is 35.5 Å². The SMILES string of the molecule is Cc1ccc(NCc2cnc3n2CCN(CC2CCOC2)CC3)nn1. The second-order valence-corrected chi connectivity index (χ2v) is 7.01. The zero-order valence-corrected chi connectivity index (χ0v) is 14.8. The van der Waals surface area contributed by atoms with Gasteiger partial charge in [-0.25, -0.2) is 4.98 Å². The average Bonchev–Trinajstić information content (AvgIpc) is 3.22. The molecule has 1 unspecified atom stereocenters. The Morgan fingerprint density at radius 2 is 2.20 bits per heavy atom. The lowest BCUT2D eigenvalue weighted by Gasteiger charge is -2.22. The number of anilines is 1. The monoisotopic (exact) mass is 342 g/mol. The number of aryl methyl sites for hydroxylation is 1. The molecule has 0 spiro atoms. The van der Waals surface area contributed by atoms with Crippen molar-refractivity contribution in [2.45, 2.75) is 32.9 Å². The van der Waals surface area contributed by atoms with Crippen LogP contribution in [0.5, 0.6) is 0 Å². The molecule has 2 aromatic heterocycles. The first-order valence-electron chi connectivity index (χ1n) is 9.15. The third kappa shape index (κ3) is 3.99. The molecule has 2 aliphatic heterocycles.